The number of hydrogen-bond acceptors (Lipinski definition) is 0. The summed E-state index contributed by atoms with van der Waals surface area (Å²) in [6, 6.07) is 0. The maximum atomic E-state index is 0. The van der Waals surface area contributed by atoms with E-state index in [1.165, 1.54) is 0 Å². The molecule has 0 spiro atoms. The van der Waals surface area contributed by atoms with E-state index in [1.54, 1.807) is 0 Å². The van der Waals surface area contributed by atoms with E-state index in [0.717, 1.165) is 0 Å². The fraction of sp³-hybridized carbons (Fsp3) is 0. The van der Waals surface area contributed by atoms with E-state index in [1.807, 2.05) is 0 Å². The van der Waals surface area contributed by atoms with Crippen LogP contribution in [0.3, 0.4) is 0 Å². The summed E-state index contributed by atoms with van der Waals surface area (Å²) >= 11 is 0. The zero-order chi connectivity index (χ0) is 0. The molecule has 4 heteroatoms. The van der Waals surface area contributed by atoms with E-state index in [2.05, 4.69) is 0 Å². The Hall–Kier alpha value is 3.35. The van der Waals surface area contributed by atoms with Gasteiger partial charge in [-0.25, -0.2) is 0 Å². The van der Waals surface area contributed by atoms with Gasteiger partial charge in [-0.15, -0.1) is 0 Å². The Balaban J connectivity index is 0. The zero-order valence-electron chi connectivity index (χ0n) is 6.50. The monoisotopic (exact) mass is 106 g/mol. The predicted molar refractivity (Wildman–Crippen MR) is 13.7 cm³/mol. The van der Waals surface area contributed by atoms with E-state index in [4.69, 9.17) is 0 Å². The first-order chi connectivity index (χ1) is 0. The molecule has 0 nitrogen and oxygen atoms in total. The van der Waals surface area contributed by atoms with Crippen LogP contribution in [0.2, 0.25) is 0 Å². The van der Waals surface area contributed by atoms with E-state index < -0.39 is 0 Å². The first-order valence-electron chi connectivity index (χ1n) is 0. The molecular weight excluding hydrogens is 101 g/mol. The zero-order valence-corrected chi connectivity index (χ0v) is 10.5. The summed E-state index contributed by atoms with van der Waals surface area (Å²) in [5, 5.41) is 0. The maximum Gasteiger partial charge on any atom is 1.00 e. The summed E-state index contributed by atoms with van der Waals surface area (Å²) in [5.41, 5.74) is 0. The Labute approximate surface area is 104 Å². The standard InChI is InChI=1S/3Na.H2S.3H/h;;;1H2;;;/q3*+1;;3*-1. The molecule has 0 atom stereocenters. The van der Waals surface area contributed by atoms with Gasteiger partial charge >= 0.3 is 88.7 Å². The van der Waals surface area contributed by atoms with Crippen molar-refractivity contribution in [2.45, 2.75) is 0 Å². The first kappa shape index (κ1) is 26.4. The van der Waals surface area contributed by atoms with Crippen LogP contribution in [0.15, 0.2) is 0 Å². The molecule has 0 aliphatic rings. The van der Waals surface area contributed by atoms with Crippen LogP contribution in [0.4, 0.5) is 0 Å². The average molecular weight is 106 g/mol. The Kier molecular flexibility index (Phi) is 107. The Morgan fingerprint density at radius 3 is 0.750 bits per heavy atom. The van der Waals surface area contributed by atoms with Gasteiger partial charge in [0.15, 0.2) is 0 Å². The minimum Gasteiger partial charge on any atom is -1.00 e. The van der Waals surface area contributed by atoms with Gasteiger partial charge < -0.3 is 4.28 Å². The number of rotatable bonds is 0. The van der Waals surface area contributed by atoms with Gasteiger partial charge in [0.1, 0.15) is 0 Å². The van der Waals surface area contributed by atoms with Crippen molar-refractivity contribution in [1.29, 1.82) is 0 Å². The summed E-state index contributed by atoms with van der Waals surface area (Å²) in [5.74, 6) is 0. The van der Waals surface area contributed by atoms with Crippen molar-refractivity contribution in [3.8, 4) is 0 Å². The van der Waals surface area contributed by atoms with Crippen molar-refractivity contribution in [3.63, 3.8) is 0 Å². The van der Waals surface area contributed by atoms with Crippen molar-refractivity contribution in [2.24, 2.45) is 0 Å². The van der Waals surface area contributed by atoms with Crippen LogP contribution < -0.4 is 88.7 Å². The quantitative estimate of drug-likeness (QED) is 0.269. The van der Waals surface area contributed by atoms with E-state index >= 15 is 0 Å². The molecule has 14 valence electrons. The van der Waals surface area contributed by atoms with Gasteiger partial charge in [0.2, 0.25) is 0 Å². The summed E-state index contributed by atoms with van der Waals surface area (Å²) in [6.07, 6.45) is 0. The second-order valence-corrected chi connectivity index (χ2v) is 0. The molecule has 0 saturated heterocycles. The molecule has 0 saturated carbocycles. The van der Waals surface area contributed by atoms with Gasteiger partial charge in [0.25, 0.3) is 0 Å². The second kappa shape index (κ2) is 16.2. The molecule has 0 radical (unpaired) electrons. The Morgan fingerprint density at radius 1 is 0.750 bits per heavy atom. The fourth-order valence-corrected chi connectivity index (χ4v) is 0. The van der Waals surface area contributed by atoms with Crippen LogP contribution >= 0.6 is 13.5 Å². The normalized spacial score (nSPS) is 0. The van der Waals surface area contributed by atoms with Crippen molar-refractivity contribution < 1.29 is 93.0 Å². The summed E-state index contributed by atoms with van der Waals surface area (Å²) in [6.45, 7) is 0. The predicted octanol–water partition coefficient (Wildman–Crippen LogP) is -8.54. The summed E-state index contributed by atoms with van der Waals surface area (Å²) in [7, 11) is 0. The largest absolute Gasteiger partial charge is 1.00 e. The molecular formula is H5Na3S. The van der Waals surface area contributed by atoms with Crippen LogP contribution in [0.25, 0.3) is 0 Å². The second-order valence-electron chi connectivity index (χ2n) is 0. The van der Waals surface area contributed by atoms with Crippen molar-refractivity contribution >= 4 is 13.5 Å². The molecule has 0 fully saturated rings. The van der Waals surface area contributed by atoms with Crippen LogP contribution in [-0.2, 0) is 0 Å². The van der Waals surface area contributed by atoms with Gasteiger partial charge in [-0.3, -0.25) is 0 Å². The van der Waals surface area contributed by atoms with E-state index in [0.29, 0.717) is 0 Å². The van der Waals surface area contributed by atoms with E-state index in [-0.39, 0.29) is 106 Å². The van der Waals surface area contributed by atoms with Crippen molar-refractivity contribution in [3.05, 3.63) is 0 Å². The van der Waals surface area contributed by atoms with Crippen LogP contribution in [-0.4, -0.2) is 0 Å². The summed E-state index contributed by atoms with van der Waals surface area (Å²) < 4.78 is 0. The minimum atomic E-state index is 0. The molecule has 0 N–H and O–H groups in total. The van der Waals surface area contributed by atoms with Crippen LogP contribution in [0, 0.1) is 0 Å². The molecule has 0 heterocycles. The van der Waals surface area contributed by atoms with Gasteiger partial charge in [-0.1, -0.05) is 0 Å². The number of hydrogen-bond donors (Lipinski definition) is 0. The van der Waals surface area contributed by atoms with Crippen molar-refractivity contribution in [2.75, 3.05) is 0 Å². The molecule has 0 aliphatic heterocycles. The maximum absolute atomic E-state index is 0. The topological polar surface area (TPSA) is 0 Å². The molecule has 0 amide bonds. The fourth-order valence-electron chi connectivity index (χ4n) is 0. The Morgan fingerprint density at radius 2 is 0.750 bits per heavy atom. The van der Waals surface area contributed by atoms with Crippen LogP contribution in [0.5, 0.6) is 0 Å². The third kappa shape index (κ3) is 9.02. The van der Waals surface area contributed by atoms with Gasteiger partial charge in [-0.2, -0.15) is 13.5 Å². The van der Waals surface area contributed by atoms with Crippen molar-refractivity contribution in [1.82, 2.24) is 0 Å². The molecule has 0 aromatic carbocycles. The molecule has 0 bridgehead atoms. The first-order valence-corrected chi connectivity index (χ1v) is 0. The minimum absolute atomic E-state index is 0. The third-order valence-corrected chi connectivity index (χ3v) is 0. The van der Waals surface area contributed by atoms with E-state index in [9.17, 15) is 0 Å². The average Bonchev–Trinajstić information content (AvgIpc) is 0. The molecule has 0 aromatic rings. The molecule has 4 heavy (non-hydrogen) atoms. The molecule has 0 aliphatic carbocycles. The molecule has 0 aromatic heterocycles. The smallest absolute Gasteiger partial charge is 1.00 e. The van der Waals surface area contributed by atoms with Gasteiger partial charge in [0, 0.05) is 0 Å². The molecule has 0 unspecified atom stereocenters. The third-order valence-electron chi connectivity index (χ3n) is 0. The van der Waals surface area contributed by atoms with Crippen LogP contribution in [0.1, 0.15) is 4.28 Å². The van der Waals surface area contributed by atoms with Gasteiger partial charge in [0.05, 0.1) is 0 Å². The SMILES string of the molecule is S.[H-].[H-].[H-].[Na+].[Na+].[Na+]. The summed E-state index contributed by atoms with van der Waals surface area (Å²) in [4.78, 5) is 0. The molecule has 0 rings (SSSR count). The van der Waals surface area contributed by atoms with Gasteiger partial charge in [-0.05, 0) is 0 Å². The Bertz CT molecular complexity index is 10.1.